The zero-order chi connectivity index (χ0) is 14.4. The Morgan fingerprint density at radius 3 is 2.50 bits per heavy atom. The number of hydrogen-bond acceptors (Lipinski definition) is 3. The first-order valence-corrected chi connectivity index (χ1v) is 6.57. The van der Waals surface area contributed by atoms with Gasteiger partial charge in [-0.2, -0.15) is 0 Å². The highest BCUT2D eigenvalue weighted by Gasteiger charge is 2.38. The van der Waals surface area contributed by atoms with Crippen LogP contribution >= 0.6 is 0 Å². The van der Waals surface area contributed by atoms with Gasteiger partial charge in [-0.1, -0.05) is 36.4 Å². The minimum atomic E-state index is -1.04. The lowest BCUT2D eigenvalue weighted by molar-refractivity contribution is -0.143. The SMILES string of the molecule is NCC(CCc1cccnc1)(C(=O)O)c1ccccc1. The molecule has 1 heterocycles. The molecule has 1 aromatic heterocycles. The first kappa shape index (κ1) is 14.2. The summed E-state index contributed by atoms with van der Waals surface area (Å²) in [4.78, 5) is 15.8. The summed E-state index contributed by atoms with van der Waals surface area (Å²) in [5.74, 6) is -0.880. The van der Waals surface area contributed by atoms with Gasteiger partial charge in [-0.25, -0.2) is 0 Å². The van der Waals surface area contributed by atoms with Crippen LogP contribution in [0.5, 0.6) is 0 Å². The van der Waals surface area contributed by atoms with Crippen molar-refractivity contribution >= 4 is 5.97 Å². The average molecular weight is 270 g/mol. The number of nitrogens with zero attached hydrogens (tertiary/aromatic N) is 1. The number of benzene rings is 1. The molecule has 0 fully saturated rings. The van der Waals surface area contributed by atoms with Crippen LogP contribution < -0.4 is 5.73 Å². The second kappa shape index (κ2) is 6.30. The number of carboxylic acid groups (broad SMARTS) is 1. The van der Waals surface area contributed by atoms with Crippen molar-refractivity contribution in [2.45, 2.75) is 18.3 Å². The third kappa shape index (κ3) is 2.86. The van der Waals surface area contributed by atoms with E-state index >= 15 is 0 Å². The second-order valence-corrected chi connectivity index (χ2v) is 4.82. The molecule has 0 aliphatic rings. The molecule has 4 heteroatoms. The standard InChI is InChI=1S/C16H18N2O2/c17-12-16(15(19)20,14-6-2-1-3-7-14)9-8-13-5-4-10-18-11-13/h1-7,10-11H,8-9,12,17H2,(H,19,20). The van der Waals surface area contributed by atoms with E-state index in [1.807, 2.05) is 42.5 Å². The summed E-state index contributed by atoms with van der Waals surface area (Å²) in [6.07, 6.45) is 4.54. The Hall–Kier alpha value is -2.20. The molecule has 0 bridgehead atoms. The summed E-state index contributed by atoms with van der Waals surface area (Å²) in [5, 5.41) is 9.66. The van der Waals surface area contributed by atoms with Gasteiger partial charge in [0.2, 0.25) is 0 Å². The number of hydrogen-bond donors (Lipinski definition) is 2. The van der Waals surface area contributed by atoms with Crippen molar-refractivity contribution in [3.05, 3.63) is 66.0 Å². The predicted octanol–water partition coefficient (Wildman–Crippen LogP) is 2.00. The maximum Gasteiger partial charge on any atom is 0.315 e. The summed E-state index contributed by atoms with van der Waals surface area (Å²) in [6, 6.07) is 13.0. The molecule has 0 spiro atoms. The molecule has 1 aromatic carbocycles. The maximum atomic E-state index is 11.8. The highest BCUT2D eigenvalue weighted by molar-refractivity contribution is 5.81. The van der Waals surface area contributed by atoms with Crippen LogP contribution in [0.15, 0.2) is 54.9 Å². The van der Waals surface area contributed by atoms with Crippen LogP contribution in [-0.4, -0.2) is 22.6 Å². The topological polar surface area (TPSA) is 76.2 Å². The number of pyridine rings is 1. The number of carboxylic acids is 1. The molecule has 0 amide bonds. The van der Waals surface area contributed by atoms with Gasteiger partial charge >= 0.3 is 5.97 Å². The third-order valence-corrected chi connectivity index (χ3v) is 3.65. The molecule has 0 saturated carbocycles. The van der Waals surface area contributed by atoms with E-state index in [2.05, 4.69) is 4.98 Å². The summed E-state index contributed by atoms with van der Waals surface area (Å²) in [5.41, 5.74) is 6.53. The van der Waals surface area contributed by atoms with E-state index in [9.17, 15) is 9.90 Å². The van der Waals surface area contributed by atoms with Crippen molar-refractivity contribution in [1.29, 1.82) is 0 Å². The van der Waals surface area contributed by atoms with Gasteiger partial charge in [0.05, 0.1) is 0 Å². The Labute approximate surface area is 118 Å². The van der Waals surface area contributed by atoms with Crippen LogP contribution in [0.3, 0.4) is 0 Å². The Kier molecular flexibility index (Phi) is 4.48. The zero-order valence-corrected chi connectivity index (χ0v) is 11.2. The largest absolute Gasteiger partial charge is 0.481 e. The smallest absolute Gasteiger partial charge is 0.315 e. The highest BCUT2D eigenvalue weighted by atomic mass is 16.4. The zero-order valence-electron chi connectivity index (χ0n) is 11.2. The number of aliphatic carboxylic acids is 1. The van der Waals surface area contributed by atoms with E-state index in [-0.39, 0.29) is 6.54 Å². The summed E-state index contributed by atoms with van der Waals surface area (Å²) >= 11 is 0. The van der Waals surface area contributed by atoms with Crippen molar-refractivity contribution in [3.8, 4) is 0 Å². The Morgan fingerprint density at radius 1 is 1.20 bits per heavy atom. The minimum Gasteiger partial charge on any atom is -0.481 e. The molecule has 0 aliphatic carbocycles. The lowest BCUT2D eigenvalue weighted by Crippen LogP contribution is -2.43. The van der Waals surface area contributed by atoms with Crippen molar-refractivity contribution in [2.24, 2.45) is 5.73 Å². The van der Waals surface area contributed by atoms with E-state index in [1.165, 1.54) is 0 Å². The number of rotatable bonds is 6. The van der Waals surface area contributed by atoms with Gasteiger partial charge in [0.15, 0.2) is 0 Å². The van der Waals surface area contributed by atoms with Crippen LogP contribution in [0.1, 0.15) is 17.5 Å². The van der Waals surface area contributed by atoms with Gasteiger partial charge < -0.3 is 10.8 Å². The maximum absolute atomic E-state index is 11.8. The highest BCUT2D eigenvalue weighted by Crippen LogP contribution is 2.29. The van der Waals surface area contributed by atoms with Gasteiger partial charge in [-0.15, -0.1) is 0 Å². The van der Waals surface area contributed by atoms with E-state index in [0.717, 1.165) is 11.1 Å². The van der Waals surface area contributed by atoms with E-state index < -0.39 is 11.4 Å². The Bertz CT molecular complexity index is 557. The number of aromatic nitrogens is 1. The van der Waals surface area contributed by atoms with E-state index in [1.54, 1.807) is 12.4 Å². The summed E-state index contributed by atoms with van der Waals surface area (Å²) < 4.78 is 0. The summed E-state index contributed by atoms with van der Waals surface area (Å²) in [7, 11) is 0. The Balaban J connectivity index is 2.26. The number of aryl methyl sites for hydroxylation is 1. The normalized spacial score (nSPS) is 13.7. The van der Waals surface area contributed by atoms with Crippen LogP contribution in [0, 0.1) is 0 Å². The lowest BCUT2D eigenvalue weighted by Gasteiger charge is -2.28. The van der Waals surface area contributed by atoms with Gasteiger partial charge in [0.25, 0.3) is 0 Å². The predicted molar refractivity (Wildman–Crippen MR) is 77.4 cm³/mol. The van der Waals surface area contributed by atoms with Gasteiger partial charge in [0, 0.05) is 18.9 Å². The molecule has 2 rings (SSSR count). The van der Waals surface area contributed by atoms with Crippen LogP contribution in [0.25, 0.3) is 0 Å². The molecule has 1 unspecified atom stereocenters. The Morgan fingerprint density at radius 2 is 1.95 bits per heavy atom. The molecule has 1 atom stereocenters. The number of nitrogens with two attached hydrogens (primary N) is 1. The molecule has 2 aromatic rings. The second-order valence-electron chi connectivity index (χ2n) is 4.82. The molecular formula is C16H18N2O2. The molecule has 0 saturated heterocycles. The first-order chi connectivity index (χ1) is 9.69. The molecular weight excluding hydrogens is 252 g/mol. The number of carbonyl (C=O) groups is 1. The van der Waals surface area contributed by atoms with Crippen molar-refractivity contribution < 1.29 is 9.90 Å². The minimum absolute atomic E-state index is 0.0760. The van der Waals surface area contributed by atoms with Crippen molar-refractivity contribution in [1.82, 2.24) is 4.98 Å². The fourth-order valence-electron chi connectivity index (χ4n) is 2.34. The van der Waals surface area contributed by atoms with Crippen molar-refractivity contribution in [3.63, 3.8) is 0 Å². The monoisotopic (exact) mass is 270 g/mol. The van der Waals surface area contributed by atoms with Gasteiger partial charge in [0.1, 0.15) is 5.41 Å². The van der Waals surface area contributed by atoms with Crippen LogP contribution in [0.2, 0.25) is 0 Å². The average Bonchev–Trinajstić information content (AvgIpc) is 2.50. The molecule has 104 valence electrons. The van der Waals surface area contributed by atoms with Gasteiger partial charge in [-0.3, -0.25) is 9.78 Å². The molecule has 20 heavy (non-hydrogen) atoms. The molecule has 0 aliphatic heterocycles. The fourth-order valence-corrected chi connectivity index (χ4v) is 2.34. The van der Waals surface area contributed by atoms with Gasteiger partial charge in [-0.05, 0) is 30.0 Å². The van der Waals surface area contributed by atoms with E-state index in [4.69, 9.17) is 5.73 Å². The fraction of sp³-hybridized carbons (Fsp3) is 0.250. The molecule has 4 nitrogen and oxygen atoms in total. The molecule has 3 N–H and O–H groups in total. The summed E-state index contributed by atoms with van der Waals surface area (Å²) in [6.45, 7) is 0.0760. The van der Waals surface area contributed by atoms with Crippen LogP contribution in [0.4, 0.5) is 0 Å². The quantitative estimate of drug-likeness (QED) is 0.841. The lowest BCUT2D eigenvalue weighted by atomic mass is 9.76. The van der Waals surface area contributed by atoms with Crippen LogP contribution in [-0.2, 0) is 16.6 Å². The first-order valence-electron chi connectivity index (χ1n) is 6.57. The van der Waals surface area contributed by atoms with E-state index in [0.29, 0.717) is 12.8 Å². The molecule has 0 radical (unpaired) electrons. The third-order valence-electron chi connectivity index (χ3n) is 3.65. The van der Waals surface area contributed by atoms with Crippen molar-refractivity contribution in [2.75, 3.05) is 6.54 Å².